The number of hydrogen-bond donors (Lipinski definition) is 0. The van der Waals surface area contributed by atoms with E-state index in [2.05, 4.69) is 67.6 Å². The Bertz CT molecular complexity index is 552. The first-order valence-corrected chi connectivity index (χ1v) is 7.48. The van der Waals surface area contributed by atoms with Gasteiger partial charge in [-0.25, -0.2) is 0 Å². The second-order valence-corrected chi connectivity index (χ2v) is 6.30. The molecule has 0 aliphatic heterocycles. The van der Waals surface area contributed by atoms with Crippen molar-refractivity contribution in [3.63, 3.8) is 0 Å². The molecule has 94 valence electrons. The number of rotatable bonds is 2. The first-order chi connectivity index (χ1) is 8.50. The summed E-state index contributed by atoms with van der Waals surface area (Å²) in [5, 5.41) is -0.0706. The molecule has 1 atom stereocenters. The Morgan fingerprint density at radius 2 is 1.56 bits per heavy atom. The van der Waals surface area contributed by atoms with E-state index in [1.54, 1.807) is 0 Å². The van der Waals surface area contributed by atoms with Crippen LogP contribution >= 0.6 is 34.2 Å². The Labute approximate surface area is 128 Å². The third-order valence-corrected chi connectivity index (χ3v) is 4.61. The van der Waals surface area contributed by atoms with Crippen LogP contribution in [-0.4, -0.2) is 0 Å². The molecule has 0 bridgehead atoms. The van der Waals surface area contributed by atoms with Crippen molar-refractivity contribution in [1.82, 2.24) is 0 Å². The molecule has 0 N–H and O–H groups in total. The third-order valence-electron chi connectivity index (χ3n) is 3.17. The van der Waals surface area contributed by atoms with Crippen LogP contribution in [0.3, 0.4) is 0 Å². The topological polar surface area (TPSA) is 0 Å². The minimum absolute atomic E-state index is 0.0706. The van der Waals surface area contributed by atoms with Crippen LogP contribution in [0.15, 0.2) is 36.4 Å². The van der Waals surface area contributed by atoms with Crippen LogP contribution in [-0.2, 0) is 0 Å². The maximum absolute atomic E-state index is 6.69. The molecule has 0 amide bonds. The second-order valence-electron chi connectivity index (χ2n) is 4.70. The molecule has 0 saturated heterocycles. The van der Waals surface area contributed by atoms with Crippen molar-refractivity contribution in [2.45, 2.75) is 26.1 Å². The van der Waals surface area contributed by atoms with E-state index in [1.165, 1.54) is 31.4 Å². The van der Waals surface area contributed by atoms with Gasteiger partial charge < -0.3 is 0 Å². The lowest BCUT2D eigenvalue weighted by molar-refractivity contribution is 1.07. The summed E-state index contributed by atoms with van der Waals surface area (Å²) >= 11 is 9.04. The van der Waals surface area contributed by atoms with Gasteiger partial charge in [-0.05, 0) is 71.7 Å². The lowest BCUT2D eigenvalue weighted by atomic mass is 9.94. The maximum Gasteiger partial charge on any atom is 0.0850 e. The molecular formula is C16H16ClI. The number of alkyl halides is 1. The molecule has 0 spiro atoms. The number of benzene rings is 2. The van der Waals surface area contributed by atoms with Crippen molar-refractivity contribution in [2.24, 2.45) is 0 Å². The average Bonchev–Trinajstić information content (AvgIpc) is 2.27. The van der Waals surface area contributed by atoms with E-state index in [0.717, 1.165) is 0 Å². The molecule has 2 heteroatoms. The SMILES string of the molecule is Cc1cc(C)c(C(Cl)c2ccccc2I)c(C)c1. The van der Waals surface area contributed by atoms with Gasteiger partial charge in [-0.2, -0.15) is 0 Å². The molecule has 1 unspecified atom stereocenters. The fourth-order valence-electron chi connectivity index (χ4n) is 2.43. The van der Waals surface area contributed by atoms with Gasteiger partial charge in [0.2, 0.25) is 0 Å². The van der Waals surface area contributed by atoms with Crippen LogP contribution in [0.5, 0.6) is 0 Å². The molecule has 18 heavy (non-hydrogen) atoms. The van der Waals surface area contributed by atoms with Gasteiger partial charge in [-0.3, -0.25) is 0 Å². The fourth-order valence-corrected chi connectivity index (χ4v) is 3.84. The van der Waals surface area contributed by atoms with Crippen LogP contribution in [0.1, 0.15) is 33.2 Å². The van der Waals surface area contributed by atoms with Crippen LogP contribution in [0.4, 0.5) is 0 Å². The zero-order chi connectivity index (χ0) is 13.3. The Morgan fingerprint density at radius 3 is 2.11 bits per heavy atom. The van der Waals surface area contributed by atoms with Crippen molar-refractivity contribution < 1.29 is 0 Å². The molecule has 0 saturated carbocycles. The van der Waals surface area contributed by atoms with Gasteiger partial charge in [0.15, 0.2) is 0 Å². The molecule has 0 radical (unpaired) electrons. The van der Waals surface area contributed by atoms with Crippen LogP contribution in [0.2, 0.25) is 0 Å². The molecule has 2 aromatic carbocycles. The molecule has 0 heterocycles. The maximum atomic E-state index is 6.69. The van der Waals surface area contributed by atoms with Gasteiger partial charge in [0.05, 0.1) is 5.38 Å². The van der Waals surface area contributed by atoms with E-state index in [-0.39, 0.29) is 5.38 Å². The molecule has 0 fully saturated rings. The van der Waals surface area contributed by atoms with Crippen molar-refractivity contribution >= 4 is 34.2 Å². The Kier molecular flexibility index (Phi) is 4.33. The molecular weight excluding hydrogens is 355 g/mol. The zero-order valence-electron chi connectivity index (χ0n) is 10.8. The minimum Gasteiger partial charge on any atom is -0.113 e. The summed E-state index contributed by atoms with van der Waals surface area (Å²) in [4.78, 5) is 0. The molecule has 2 aromatic rings. The summed E-state index contributed by atoms with van der Waals surface area (Å²) in [7, 11) is 0. The third kappa shape index (κ3) is 2.72. The summed E-state index contributed by atoms with van der Waals surface area (Å²) in [6, 6.07) is 12.7. The average molecular weight is 371 g/mol. The molecule has 0 nitrogen and oxygen atoms in total. The molecule has 0 aliphatic rings. The normalized spacial score (nSPS) is 12.5. The van der Waals surface area contributed by atoms with E-state index < -0.39 is 0 Å². The quantitative estimate of drug-likeness (QED) is 0.480. The highest BCUT2D eigenvalue weighted by Gasteiger charge is 2.17. The standard InChI is InChI=1S/C16H16ClI/c1-10-8-11(2)15(12(3)9-10)16(17)13-6-4-5-7-14(13)18/h4-9,16H,1-3H3. The van der Waals surface area contributed by atoms with E-state index >= 15 is 0 Å². The van der Waals surface area contributed by atoms with Crippen LogP contribution < -0.4 is 0 Å². The first-order valence-electron chi connectivity index (χ1n) is 5.97. The number of halogens is 2. The van der Waals surface area contributed by atoms with Crippen molar-refractivity contribution in [3.05, 3.63) is 67.8 Å². The van der Waals surface area contributed by atoms with E-state index in [0.29, 0.717) is 0 Å². The van der Waals surface area contributed by atoms with E-state index in [1.807, 2.05) is 12.1 Å². The van der Waals surface area contributed by atoms with Crippen molar-refractivity contribution in [3.8, 4) is 0 Å². The molecule has 0 aliphatic carbocycles. The summed E-state index contributed by atoms with van der Waals surface area (Å²) in [5.74, 6) is 0. The predicted octanol–water partition coefficient (Wildman–Crippen LogP) is 5.54. The van der Waals surface area contributed by atoms with E-state index in [9.17, 15) is 0 Å². The second kappa shape index (κ2) is 5.62. The minimum atomic E-state index is -0.0706. The number of aryl methyl sites for hydroxylation is 3. The highest BCUT2D eigenvalue weighted by molar-refractivity contribution is 14.1. The Morgan fingerprint density at radius 1 is 1.00 bits per heavy atom. The molecule has 0 aromatic heterocycles. The number of hydrogen-bond acceptors (Lipinski definition) is 0. The van der Waals surface area contributed by atoms with Gasteiger partial charge in [-0.15, -0.1) is 11.6 Å². The summed E-state index contributed by atoms with van der Waals surface area (Å²) < 4.78 is 1.22. The lowest BCUT2D eigenvalue weighted by Gasteiger charge is -2.18. The summed E-state index contributed by atoms with van der Waals surface area (Å²) in [6.07, 6.45) is 0. The Balaban J connectivity index is 2.53. The summed E-state index contributed by atoms with van der Waals surface area (Å²) in [5.41, 5.74) is 6.26. The molecule has 2 rings (SSSR count). The lowest BCUT2D eigenvalue weighted by Crippen LogP contribution is -2.02. The van der Waals surface area contributed by atoms with Crippen molar-refractivity contribution in [2.75, 3.05) is 0 Å². The van der Waals surface area contributed by atoms with Gasteiger partial charge in [0.1, 0.15) is 0 Å². The van der Waals surface area contributed by atoms with E-state index in [4.69, 9.17) is 11.6 Å². The van der Waals surface area contributed by atoms with Gasteiger partial charge in [0.25, 0.3) is 0 Å². The summed E-state index contributed by atoms with van der Waals surface area (Å²) in [6.45, 7) is 6.40. The van der Waals surface area contributed by atoms with Crippen LogP contribution in [0.25, 0.3) is 0 Å². The highest BCUT2D eigenvalue weighted by atomic mass is 127. The zero-order valence-corrected chi connectivity index (χ0v) is 13.7. The fraction of sp³-hybridized carbons (Fsp3) is 0.250. The monoisotopic (exact) mass is 370 g/mol. The largest absolute Gasteiger partial charge is 0.113 e. The van der Waals surface area contributed by atoms with Crippen LogP contribution in [0, 0.1) is 24.3 Å². The van der Waals surface area contributed by atoms with Gasteiger partial charge >= 0.3 is 0 Å². The smallest absolute Gasteiger partial charge is 0.0850 e. The first kappa shape index (κ1) is 13.9. The Hall–Kier alpha value is -0.540. The van der Waals surface area contributed by atoms with Crippen molar-refractivity contribution in [1.29, 1.82) is 0 Å². The van der Waals surface area contributed by atoms with Gasteiger partial charge in [0, 0.05) is 3.57 Å². The highest BCUT2D eigenvalue weighted by Crippen LogP contribution is 2.35. The van der Waals surface area contributed by atoms with Gasteiger partial charge in [-0.1, -0.05) is 35.9 Å². The predicted molar refractivity (Wildman–Crippen MR) is 87.5 cm³/mol.